The summed E-state index contributed by atoms with van der Waals surface area (Å²) in [5.74, 6) is -1.09. The third-order valence-electron chi connectivity index (χ3n) is 2.95. The smallest absolute Gasteiger partial charge is 0.129 e. The Kier molecular flexibility index (Phi) is 4.09. The minimum Gasteiger partial charge on any atom is -0.323 e. The molecule has 2 rings (SSSR count). The minimum absolute atomic E-state index is 0.236. The number of nitrogens with two attached hydrogens (primary N) is 1. The Morgan fingerprint density at radius 2 is 2.00 bits per heavy atom. The van der Waals surface area contributed by atoms with E-state index in [1.807, 2.05) is 11.4 Å². The molecule has 0 saturated heterocycles. The largest absolute Gasteiger partial charge is 0.323 e. The van der Waals surface area contributed by atoms with Gasteiger partial charge in [0.2, 0.25) is 0 Å². The van der Waals surface area contributed by atoms with Gasteiger partial charge in [0.15, 0.2) is 0 Å². The van der Waals surface area contributed by atoms with Crippen molar-refractivity contribution in [2.75, 3.05) is 0 Å². The van der Waals surface area contributed by atoms with Gasteiger partial charge in [0.1, 0.15) is 11.6 Å². The lowest BCUT2D eigenvalue weighted by Gasteiger charge is -2.12. The lowest BCUT2D eigenvalue weighted by molar-refractivity contribution is 0.563. The molecule has 1 unspecified atom stereocenters. The van der Waals surface area contributed by atoms with E-state index in [0.29, 0.717) is 12.0 Å². The number of halogens is 2. The Balaban J connectivity index is 2.18. The summed E-state index contributed by atoms with van der Waals surface area (Å²) < 4.78 is 26.4. The normalized spacial score (nSPS) is 12.7. The molecule has 0 radical (unpaired) electrons. The first kappa shape index (κ1) is 13.2. The van der Waals surface area contributed by atoms with Crippen molar-refractivity contribution >= 4 is 11.3 Å². The molecule has 1 aromatic heterocycles. The highest BCUT2D eigenvalue weighted by Crippen LogP contribution is 2.26. The molecule has 0 aliphatic heterocycles. The molecule has 0 saturated carbocycles. The van der Waals surface area contributed by atoms with Gasteiger partial charge in [0.05, 0.1) is 0 Å². The number of benzene rings is 1. The summed E-state index contributed by atoms with van der Waals surface area (Å²) >= 11 is 1.59. The second kappa shape index (κ2) is 5.59. The fourth-order valence-electron chi connectivity index (χ4n) is 1.98. The van der Waals surface area contributed by atoms with E-state index in [1.54, 1.807) is 11.3 Å². The molecule has 1 heterocycles. The summed E-state index contributed by atoms with van der Waals surface area (Å²) in [5, 5.41) is 2.00. The lowest BCUT2D eigenvalue weighted by Crippen LogP contribution is -2.14. The summed E-state index contributed by atoms with van der Waals surface area (Å²) in [6, 6.07) is 5.43. The summed E-state index contributed by atoms with van der Waals surface area (Å²) in [4.78, 5) is 1.08. The number of hydrogen-bond donors (Lipinski definition) is 1. The van der Waals surface area contributed by atoms with E-state index < -0.39 is 11.6 Å². The van der Waals surface area contributed by atoms with Crippen molar-refractivity contribution in [2.24, 2.45) is 5.73 Å². The van der Waals surface area contributed by atoms with E-state index >= 15 is 0 Å². The third-order valence-corrected chi connectivity index (χ3v) is 4.04. The van der Waals surface area contributed by atoms with Gasteiger partial charge in [-0.15, -0.1) is 11.3 Å². The van der Waals surface area contributed by atoms with Gasteiger partial charge >= 0.3 is 0 Å². The van der Waals surface area contributed by atoms with Gasteiger partial charge in [-0.05, 0) is 41.5 Å². The highest BCUT2D eigenvalue weighted by molar-refractivity contribution is 7.10. The zero-order valence-electron chi connectivity index (χ0n) is 10.1. The average molecular weight is 267 g/mol. The van der Waals surface area contributed by atoms with Crippen LogP contribution in [0.3, 0.4) is 0 Å². The van der Waals surface area contributed by atoms with Crippen LogP contribution in [0.1, 0.15) is 29.0 Å². The van der Waals surface area contributed by atoms with E-state index in [-0.39, 0.29) is 6.04 Å². The van der Waals surface area contributed by atoms with Crippen LogP contribution in [0.5, 0.6) is 0 Å². The first-order chi connectivity index (χ1) is 8.61. The first-order valence-corrected chi connectivity index (χ1v) is 6.75. The standard InChI is InChI=1S/C14H15F2NS/c1-2-9-5-6-18-14(9)13(17)7-10-3-4-11(15)8-12(10)16/h3-6,8,13H,2,7,17H2,1H3. The van der Waals surface area contributed by atoms with Gasteiger partial charge in [-0.3, -0.25) is 0 Å². The highest BCUT2D eigenvalue weighted by atomic mass is 32.1. The number of aryl methyl sites for hydroxylation is 1. The van der Waals surface area contributed by atoms with E-state index in [2.05, 4.69) is 6.92 Å². The third kappa shape index (κ3) is 2.76. The number of thiophene rings is 1. The van der Waals surface area contributed by atoms with Crippen LogP contribution in [0.2, 0.25) is 0 Å². The molecule has 96 valence electrons. The lowest BCUT2D eigenvalue weighted by atomic mass is 10.0. The molecular weight excluding hydrogens is 252 g/mol. The van der Waals surface area contributed by atoms with E-state index in [4.69, 9.17) is 5.73 Å². The van der Waals surface area contributed by atoms with E-state index in [0.717, 1.165) is 17.4 Å². The van der Waals surface area contributed by atoms with Gasteiger partial charge in [0, 0.05) is 17.0 Å². The molecule has 1 nitrogen and oxygen atoms in total. The van der Waals surface area contributed by atoms with Crippen LogP contribution in [0.25, 0.3) is 0 Å². The Morgan fingerprint density at radius 3 is 2.67 bits per heavy atom. The fourth-order valence-corrected chi connectivity index (χ4v) is 2.98. The van der Waals surface area contributed by atoms with Gasteiger partial charge < -0.3 is 5.73 Å². The predicted octanol–water partition coefficient (Wildman–Crippen LogP) is 3.83. The molecule has 1 aromatic carbocycles. The molecule has 1 atom stereocenters. The Bertz CT molecular complexity index is 536. The van der Waals surface area contributed by atoms with Crippen molar-refractivity contribution in [3.05, 3.63) is 57.3 Å². The molecule has 0 bridgehead atoms. The summed E-state index contributed by atoms with van der Waals surface area (Å²) in [6.07, 6.45) is 1.30. The highest BCUT2D eigenvalue weighted by Gasteiger charge is 2.14. The SMILES string of the molecule is CCc1ccsc1C(N)Cc1ccc(F)cc1F. The second-order valence-corrected chi connectivity index (χ2v) is 5.16. The molecule has 0 aliphatic carbocycles. The van der Waals surface area contributed by atoms with Crippen LogP contribution < -0.4 is 5.73 Å². The fraction of sp³-hybridized carbons (Fsp3) is 0.286. The maximum Gasteiger partial charge on any atom is 0.129 e. The van der Waals surface area contributed by atoms with Crippen LogP contribution in [-0.4, -0.2) is 0 Å². The molecule has 4 heteroatoms. The zero-order chi connectivity index (χ0) is 13.1. The number of rotatable bonds is 4. The molecule has 0 fully saturated rings. The zero-order valence-corrected chi connectivity index (χ0v) is 10.9. The van der Waals surface area contributed by atoms with Crippen LogP contribution >= 0.6 is 11.3 Å². The molecule has 0 spiro atoms. The van der Waals surface area contributed by atoms with Crippen LogP contribution in [0, 0.1) is 11.6 Å². The topological polar surface area (TPSA) is 26.0 Å². The second-order valence-electron chi connectivity index (χ2n) is 4.21. The van der Waals surface area contributed by atoms with E-state index in [9.17, 15) is 8.78 Å². The maximum atomic E-state index is 13.5. The van der Waals surface area contributed by atoms with Gasteiger partial charge in [-0.25, -0.2) is 8.78 Å². The van der Waals surface area contributed by atoms with Crippen LogP contribution in [0.15, 0.2) is 29.6 Å². The summed E-state index contributed by atoms with van der Waals surface area (Å²) in [6.45, 7) is 2.07. The van der Waals surface area contributed by atoms with Crippen molar-refractivity contribution in [1.82, 2.24) is 0 Å². The first-order valence-electron chi connectivity index (χ1n) is 5.87. The summed E-state index contributed by atoms with van der Waals surface area (Å²) in [5.41, 5.74) is 7.77. The van der Waals surface area contributed by atoms with Crippen LogP contribution in [-0.2, 0) is 12.8 Å². The van der Waals surface area contributed by atoms with Gasteiger partial charge in [-0.2, -0.15) is 0 Å². The minimum atomic E-state index is -0.560. The molecule has 18 heavy (non-hydrogen) atoms. The van der Waals surface area contributed by atoms with Gasteiger partial charge in [-0.1, -0.05) is 13.0 Å². The van der Waals surface area contributed by atoms with Crippen molar-refractivity contribution in [3.8, 4) is 0 Å². The van der Waals surface area contributed by atoms with Crippen molar-refractivity contribution in [3.63, 3.8) is 0 Å². The maximum absolute atomic E-state index is 13.5. The molecule has 0 aliphatic rings. The van der Waals surface area contributed by atoms with E-state index in [1.165, 1.54) is 17.7 Å². The van der Waals surface area contributed by atoms with Crippen molar-refractivity contribution in [1.29, 1.82) is 0 Å². The monoisotopic (exact) mass is 267 g/mol. The average Bonchev–Trinajstić information content (AvgIpc) is 2.81. The predicted molar refractivity (Wildman–Crippen MR) is 70.7 cm³/mol. The summed E-state index contributed by atoms with van der Waals surface area (Å²) in [7, 11) is 0. The Labute approximate surface area is 109 Å². The quantitative estimate of drug-likeness (QED) is 0.895. The molecular formula is C14H15F2NS. The van der Waals surface area contributed by atoms with Crippen LogP contribution in [0.4, 0.5) is 8.78 Å². The Hall–Kier alpha value is -1.26. The molecule has 2 aromatic rings. The molecule has 2 N–H and O–H groups in total. The van der Waals surface area contributed by atoms with Gasteiger partial charge in [0.25, 0.3) is 0 Å². The Morgan fingerprint density at radius 1 is 1.22 bits per heavy atom. The van der Waals surface area contributed by atoms with Crippen molar-refractivity contribution in [2.45, 2.75) is 25.8 Å². The van der Waals surface area contributed by atoms with Crippen molar-refractivity contribution < 1.29 is 8.78 Å². The number of hydrogen-bond acceptors (Lipinski definition) is 2. The molecule has 0 amide bonds.